The number of benzene rings is 5. The third-order valence-corrected chi connectivity index (χ3v) is 11.8. The molecule has 0 saturated carbocycles. The molecule has 7 rings (SSSR count). The van der Waals surface area contributed by atoms with Gasteiger partial charge in [0.1, 0.15) is 0 Å². The largest absolute Gasteiger partial charge is 0.392 e. The normalized spacial score (nSPS) is 20.8. The number of halogens is 1. The summed E-state index contributed by atoms with van der Waals surface area (Å²) in [6.07, 6.45) is 1.00. The van der Waals surface area contributed by atoms with Crippen LogP contribution in [0.2, 0.25) is 5.02 Å². The van der Waals surface area contributed by atoms with E-state index in [1.165, 1.54) is 0 Å². The Morgan fingerprint density at radius 3 is 2.15 bits per heavy atom. The van der Waals surface area contributed by atoms with Gasteiger partial charge in [-0.05, 0) is 76.6 Å². The van der Waals surface area contributed by atoms with Crippen molar-refractivity contribution in [2.45, 2.75) is 61.4 Å². The monoisotopic (exact) mass is 738 g/mol. The van der Waals surface area contributed by atoms with E-state index in [-0.39, 0.29) is 30.3 Å². The molecular formula is C42H43ClN2O6S. The highest BCUT2D eigenvalue weighted by atomic mass is 35.5. The smallest absolute Gasteiger partial charge is 0.240 e. The van der Waals surface area contributed by atoms with E-state index in [9.17, 15) is 18.6 Å². The number of hydrogen-bond donors (Lipinski definition) is 3. The van der Waals surface area contributed by atoms with Crippen molar-refractivity contribution in [3.05, 3.63) is 160 Å². The minimum absolute atomic E-state index is 0.0178. The van der Waals surface area contributed by atoms with Gasteiger partial charge in [-0.15, -0.1) is 0 Å². The van der Waals surface area contributed by atoms with E-state index in [1.807, 2.05) is 97.1 Å². The highest BCUT2D eigenvalue weighted by molar-refractivity contribution is 7.89. The fourth-order valence-electron chi connectivity index (χ4n) is 7.03. The molecule has 2 fully saturated rings. The molecule has 270 valence electrons. The molecule has 0 unspecified atom stereocenters. The van der Waals surface area contributed by atoms with E-state index >= 15 is 0 Å². The number of sulfonamides is 1. The van der Waals surface area contributed by atoms with Gasteiger partial charge in [-0.25, -0.2) is 13.1 Å². The average Bonchev–Trinajstić information content (AvgIpc) is 3.19. The Balaban J connectivity index is 1.04. The van der Waals surface area contributed by atoms with Crippen LogP contribution in [0.25, 0.3) is 11.1 Å². The molecule has 8 nitrogen and oxygen atoms in total. The number of aliphatic hydroxyl groups excluding tert-OH is 1. The Bertz CT molecular complexity index is 2040. The summed E-state index contributed by atoms with van der Waals surface area (Å²) in [6.45, 7) is 2.34. The summed E-state index contributed by atoms with van der Waals surface area (Å²) in [7, 11) is -3.62. The first-order valence-electron chi connectivity index (χ1n) is 17.6. The van der Waals surface area contributed by atoms with Crippen molar-refractivity contribution in [3.63, 3.8) is 0 Å². The topological polar surface area (TPSA) is 108 Å². The summed E-state index contributed by atoms with van der Waals surface area (Å²) in [4.78, 5) is 2.59. The summed E-state index contributed by atoms with van der Waals surface area (Å²) in [6, 6.07) is 39.7. The van der Waals surface area contributed by atoms with Crippen LogP contribution in [-0.2, 0) is 38.2 Å². The Labute approximate surface area is 310 Å². The molecule has 0 spiro atoms. The molecule has 5 aromatic rings. The van der Waals surface area contributed by atoms with Gasteiger partial charge >= 0.3 is 0 Å². The second-order valence-corrected chi connectivity index (χ2v) is 15.9. The van der Waals surface area contributed by atoms with E-state index in [2.05, 4.69) is 9.62 Å². The molecule has 2 aliphatic rings. The summed E-state index contributed by atoms with van der Waals surface area (Å²) >= 11 is 6.09. The van der Waals surface area contributed by atoms with Crippen molar-refractivity contribution in [3.8, 4) is 11.1 Å². The molecule has 0 aliphatic carbocycles. The average molecular weight is 739 g/mol. The summed E-state index contributed by atoms with van der Waals surface area (Å²) < 4.78 is 41.4. The molecule has 0 bridgehead atoms. The Hall–Kier alpha value is -3.90. The molecular weight excluding hydrogens is 696 g/mol. The zero-order valence-corrected chi connectivity index (χ0v) is 30.3. The van der Waals surface area contributed by atoms with Gasteiger partial charge in [-0.1, -0.05) is 109 Å². The predicted octanol–water partition coefficient (Wildman–Crippen LogP) is 7.51. The standard InChI is InChI=1S/C42H43ClN2O6S/c43-37-19-17-36(18-20-37)42(47)21-23-45(24-22-42)28-38-26-40(33-11-9-30(29-46)10-12-33)51-41(50-38)34-15-13-32(14-16-34)35-6-4-5-31(25-35)27-44-52(48,49)39-7-2-1-3-8-39/h1-20,25,38,40-41,44,46-47H,21-24,26-29H2/t38-,40+,41+/m1/s1. The third kappa shape index (κ3) is 8.65. The number of aliphatic hydroxyl groups is 2. The maximum atomic E-state index is 12.8. The molecule has 0 radical (unpaired) electrons. The van der Waals surface area contributed by atoms with Gasteiger partial charge in [-0.3, -0.25) is 0 Å². The van der Waals surface area contributed by atoms with E-state index in [4.69, 9.17) is 21.1 Å². The summed E-state index contributed by atoms with van der Waals surface area (Å²) in [5, 5.41) is 21.7. The highest BCUT2D eigenvalue weighted by Crippen LogP contribution is 2.40. The van der Waals surface area contributed by atoms with Crippen LogP contribution in [0.4, 0.5) is 0 Å². The first-order chi connectivity index (χ1) is 25.2. The lowest BCUT2D eigenvalue weighted by Gasteiger charge is -2.42. The van der Waals surface area contributed by atoms with Crippen LogP contribution in [0.5, 0.6) is 0 Å². The molecule has 0 amide bonds. The molecule has 2 saturated heterocycles. The van der Waals surface area contributed by atoms with Gasteiger partial charge in [0.2, 0.25) is 10.0 Å². The lowest BCUT2D eigenvalue weighted by molar-refractivity contribution is -0.253. The van der Waals surface area contributed by atoms with Gasteiger partial charge in [0.15, 0.2) is 6.29 Å². The minimum Gasteiger partial charge on any atom is -0.392 e. The molecule has 3 atom stereocenters. The van der Waals surface area contributed by atoms with Crippen molar-refractivity contribution < 1.29 is 28.1 Å². The number of nitrogens with one attached hydrogen (secondary N) is 1. The molecule has 52 heavy (non-hydrogen) atoms. The maximum Gasteiger partial charge on any atom is 0.240 e. The molecule has 5 aromatic carbocycles. The number of rotatable bonds is 11. The van der Waals surface area contributed by atoms with Crippen LogP contribution in [0.3, 0.4) is 0 Å². The maximum absolute atomic E-state index is 12.8. The van der Waals surface area contributed by atoms with Gasteiger partial charge < -0.3 is 24.6 Å². The van der Waals surface area contributed by atoms with Crippen LogP contribution in [0.15, 0.2) is 132 Å². The van der Waals surface area contributed by atoms with Crippen molar-refractivity contribution in [1.29, 1.82) is 0 Å². The van der Waals surface area contributed by atoms with E-state index in [1.54, 1.807) is 30.3 Å². The van der Waals surface area contributed by atoms with Crippen molar-refractivity contribution in [1.82, 2.24) is 9.62 Å². The number of nitrogens with zero attached hydrogens (tertiary/aromatic N) is 1. The van der Waals surface area contributed by atoms with Crippen molar-refractivity contribution in [2.75, 3.05) is 19.6 Å². The van der Waals surface area contributed by atoms with Gasteiger partial charge in [0.05, 0.1) is 29.3 Å². The van der Waals surface area contributed by atoms with E-state index < -0.39 is 21.9 Å². The quantitative estimate of drug-likeness (QED) is 0.129. The zero-order chi connectivity index (χ0) is 36.1. The SMILES string of the molecule is O=S(=O)(NCc1cccc(-c2ccc([C@H]3O[C@@H](CN4CCC(O)(c5ccc(Cl)cc5)CC4)C[C@@H](c4ccc(CO)cc4)O3)cc2)c1)c1ccccc1. The molecule has 0 aromatic heterocycles. The number of piperidine rings is 1. The molecule has 2 aliphatic heterocycles. The Morgan fingerprint density at radius 2 is 1.46 bits per heavy atom. The number of hydrogen-bond acceptors (Lipinski definition) is 7. The van der Waals surface area contributed by atoms with E-state index in [0.29, 0.717) is 30.8 Å². The second kappa shape index (κ2) is 16.0. The predicted molar refractivity (Wildman–Crippen MR) is 202 cm³/mol. The van der Waals surface area contributed by atoms with Gasteiger partial charge in [0.25, 0.3) is 0 Å². The van der Waals surface area contributed by atoms with Crippen molar-refractivity contribution >= 4 is 21.6 Å². The van der Waals surface area contributed by atoms with Crippen LogP contribution in [0.1, 0.15) is 59.5 Å². The molecule has 10 heteroatoms. The number of ether oxygens (including phenoxy) is 2. The van der Waals surface area contributed by atoms with Crippen LogP contribution < -0.4 is 4.72 Å². The zero-order valence-electron chi connectivity index (χ0n) is 28.8. The minimum atomic E-state index is -3.62. The fraction of sp³-hybridized carbons (Fsp3) is 0.286. The van der Waals surface area contributed by atoms with Crippen LogP contribution >= 0.6 is 11.6 Å². The van der Waals surface area contributed by atoms with Gasteiger partial charge in [-0.2, -0.15) is 0 Å². The first-order valence-corrected chi connectivity index (χ1v) is 19.5. The Morgan fingerprint density at radius 1 is 0.769 bits per heavy atom. The van der Waals surface area contributed by atoms with Gasteiger partial charge in [0, 0.05) is 43.2 Å². The lowest BCUT2D eigenvalue weighted by Crippen LogP contribution is -2.46. The van der Waals surface area contributed by atoms with Crippen LogP contribution in [-0.4, -0.2) is 49.3 Å². The Kier molecular flexibility index (Phi) is 11.2. The van der Waals surface area contributed by atoms with Crippen LogP contribution in [0, 0.1) is 0 Å². The first kappa shape index (κ1) is 36.5. The molecule has 2 heterocycles. The third-order valence-electron chi connectivity index (χ3n) is 10.1. The second-order valence-electron chi connectivity index (χ2n) is 13.6. The summed E-state index contributed by atoms with van der Waals surface area (Å²) in [5.41, 5.74) is 5.59. The lowest BCUT2D eigenvalue weighted by atomic mass is 9.84. The highest BCUT2D eigenvalue weighted by Gasteiger charge is 2.37. The molecule has 3 N–H and O–H groups in total. The summed E-state index contributed by atoms with van der Waals surface area (Å²) in [5.74, 6) is 0. The number of likely N-dealkylation sites (tertiary alicyclic amines) is 1. The van der Waals surface area contributed by atoms with Crippen molar-refractivity contribution in [2.24, 2.45) is 0 Å². The van der Waals surface area contributed by atoms with E-state index in [0.717, 1.165) is 52.0 Å². The fourth-order valence-corrected chi connectivity index (χ4v) is 8.19.